The van der Waals surface area contributed by atoms with Gasteiger partial charge in [0.2, 0.25) is 11.1 Å². The van der Waals surface area contributed by atoms with Gasteiger partial charge in [-0.15, -0.1) is 5.10 Å². The van der Waals surface area contributed by atoms with Crippen molar-refractivity contribution >= 4 is 23.4 Å². The van der Waals surface area contributed by atoms with Crippen molar-refractivity contribution in [2.24, 2.45) is 0 Å². The zero-order valence-electron chi connectivity index (χ0n) is 12.5. The van der Waals surface area contributed by atoms with E-state index in [4.69, 9.17) is 0 Å². The van der Waals surface area contributed by atoms with E-state index in [9.17, 15) is 18.0 Å². The number of nitrogens with one attached hydrogen (secondary N) is 1. The number of carbonyl (C=O) groups excluding carboxylic acids is 1. The second kappa shape index (κ2) is 7.34. The van der Waals surface area contributed by atoms with Crippen LogP contribution in [0.2, 0.25) is 0 Å². The van der Waals surface area contributed by atoms with Crippen molar-refractivity contribution in [1.29, 1.82) is 0 Å². The van der Waals surface area contributed by atoms with Gasteiger partial charge in [-0.1, -0.05) is 30.0 Å². The van der Waals surface area contributed by atoms with Crippen molar-refractivity contribution in [2.45, 2.75) is 5.16 Å². The lowest BCUT2D eigenvalue weighted by atomic mass is 10.3. The van der Waals surface area contributed by atoms with Crippen molar-refractivity contribution in [1.82, 2.24) is 20.2 Å². The predicted molar refractivity (Wildman–Crippen MR) is 84.8 cm³/mol. The largest absolute Gasteiger partial charge is 0.323 e. The zero-order chi connectivity index (χ0) is 17.8. The SMILES string of the molecule is O=C(CSc1nnnn1-c1ccccc1)Nc1ccc(F)c(F)c1F. The Kier molecular flexibility index (Phi) is 4.98. The highest BCUT2D eigenvalue weighted by atomic mass is 32.2. The van der Waals surface area contributed by atoms with Gasteiger partial charge >= 0.3 is 0 Å². The number of carbonyl (C=O) groups is 1. The number of nitrogens with zero attached hydrogens (tertiary/aromatic N) is 4. The first-order valence-electron chi connectivity index (χ1n) is 6.96. The van der Waals surface area contributed by atoms with E-state index >= 15 is 0 Å². The molecule has 0 aliphatic heterocycles. The van der Waals surface area contributed by atoms with Crippen LogP contribution in [0.1, 0.15) is 0 Å². The van der Waals surface area contributed by atoms with Crippen LogP contribution in [0.3, 0.4) is 0 Å². The Hall–Kier alpha value is -2.88. The van der Waals surface area contributed by atoms with E-state index in [1.807, 2.05) is 18.2 Å². The van der Waals surface area contributed by atoms with E-state index < -0.39 is 29.0 Å². The molecule has 1 N–H and O–H groups in total. The second-order valence-corrected chi connectivity index (χ2v) is 5.71. The van der Waals surface area contributed by atoms with Gasteiger partial charge in [-0.2, -0.15) is 4.68 Å². The molecule has 1 heterocycles. The van der Waals surface area contributed by atoms with Crippen LogP contribution < -0.4 is 5.32 Å². The monoisotopic (exact) mass is 365 g/mol. The van der Waals surface area contributed by atoms with Crippen LogP contribution in [0, 0.1) is 17.5 Å². The van der Waals surface area contributed by atoms with Crippen molar-refractivity contribution in [2.75, 3.05) is 11.1 Å². The average molecular weight is 365 g/mol. The van der Waals surface area contributed by atoms with E-state index in [0.717, 1.165) is 23.9 Å². The van der Waals surface area contributed by atoms with E-state index in [0.29, 0.717) is 10.8 Å². The summed E-state index contributed by atoms with van der Waals surface area (Å²) in [5.74, 6) is -5.18. The lowest BCUT2D eigenvalue weighted by Gasteiger charge is -2.07. The Morgan fingerprint density at radius 3 is 2.60 bits per heavy atom. The summed E-state index contributed by atoms with van der Waals surface area (Å²) in [7, 11) is 0. The molecule has 0 bridgehead atoms. The number of aromatic nitrogens is 4. The molecular formula is C15H10F3N5OS. The molecule has 25 heavy (non-hydrogen) atoms. The smallest absolute Gasteiger partial charge is 0.234 e. The molecular weight excluding hydrogens is 355 g/mol. The number of para-hydroxylation sites is 1. The van der Waals surface area contributed by atoms with E-state index in [2.05, 4.69) is 20.8 Å². The molecule has 0 spiro atoms. The number of tetrazole rings is 1. The summed E-state index contributed by atoms with van der Waals surface area (Å²) in [6.45, 7) is 0. The number of hydrogen-bond acceptors (Lipinski definition) is 5. The molecule has 0 aliphatic rings. The molecule has 3 rings (SSSR count). The van der Waals surface area contributed by atoms with Gasteiger partial charge in [0.1, 0.15) is 0 Å². The van der Waals surface area contributed by atoms with Gasteiger partial charge in [0, 0.05) is 0 Å². The molecule has 0 unspecified atom stereocenters. The highest BCUT2D eigenvalue weighted by Crippen LogP contribution is 2.21. The molecule has 3 aromatic rings. The minimum atomic E-state index is -1.64. The summed E-state index contributed by atoms with van der Waals surface area (Å²) in [6, 6.07) is 10.7. The predicted octanol–water partition coefficient (Wildman–Crippen LogP) is 2.81. The van der Waals surface area contributed by atoms with Crippen LogP contribution in [-0.4, -0.2) is 31.9 Å². The van der Waals surface area contributed by atoms with Gasteiger partial charge in [-0.3, -0.25) is 4.79 Å². The molecule has 0 saturated carbocycles. The van der Waals surface area contributed by atoms with E-state index in [1.54, 1.807) is 12.1 Å². The maximum absolute atomic E-state index is 13.5. The summed E-state index contributed by atoms with van der Waals surface area (Å²) < 4.78 is 41.0. The van der Waals surface area contributed by atoms with Gasteiger partial charge in [-0.05, 0) is 34.7 Å². The zero-order valence-corrected chi connectivity index (χ0v) is 13.3. The number of benzene rings is 2. The second-order valence-electron chi connectivity index (χ2n) is 4.77. The maximum atomic E-state index is 13.5. The summed E-state index contributed by atoms with van der Waals surface area (Å²) in [5, 5.41) is 13.7. The van der Waals surface area contributed by atoms with Gasteiger partial charge in [0.25, 0.3) is 0 Å². The first kappa shape index (κ1) is 17.0. The van der Waals surface area contributed by atoms with Crippen LogP contribution in [0.5, 0.6) is 0 Å². The fourth-order valence-electron chi connectivity index (χ4n) is 1.94. The fourth-order valence-corrected chi connectivity index (χ4v) is 2.63. The Morgan fingerprint density at radius 2 is 1.84 bits per heavy atom. The summed E-state index contributed by atoms with van der Waals surface area (Å²) in [5.41, 5.74) is 0.272. The van der Waals surface area contributed by atoms with E-state index in [-0.39, 0.29) is 5.75 Å². The average Bonchev–Trinajstić information content (AvgIpc) is 3.10. The number of rotatable bonds is 5. The third-order valence-electron chi connectivity index (χ3n) is 3.08. The van der Waals surface area contributed by atoms with Crippen LogP contribution in [0.25, 0.3) is 5.69 Å². The van der Waals surface area contributed by atoms with Gasteiger partial charge in [0.15, 0.2) is 17.5 Å². The third-order valence-corrected chi connectivity index (χ3v) is 4.00. The van der Waals surface area contributed by atoms with Crippen LogP contribution in [0.4, 0.5) is 18.9 Å². The number of halogens is 3. The Balaban J connectivity index is 1.66. The fraction of sp³-hybridized carbons (Fsp3) is 0.0667. The standard InChI is InChI=1S/C15H10F3N5OS/c16-10-6-7-11(14(18)13(10)17)19-12(24)8-25-15-20-21-22-23(15)9-4-2-1-3-5-9/h1-7H,8H2,(H,19,24). The third kappa shape index (κ3) is 3.79. The number of amides is 1. The maximum Gasteiger partial charge on any atom is 0.234 e. The minimum absolute atomic E-state index is 0.147. The quantitative estimate of drug-likeness (QED) is 0.556. The Morgan fingerprint density at radius 1 is 1.08 bits per heavy atom. The summed E-state index contributed by atoms with van der Waals surface area (Å²) >= 11 is 1.01. The molecule has 128 valence electrons. The van der Waals surface area contributed by atoms with Crippen molar-refractivity contribution < 1.29 is 18.0 Å². The number of thioether (sulfide) groups is 1. The summed E-state index contributed by atoms with van der Waals surface area (Å²) in [6.07, 6.45) is 0. The highest BCUT2D eigenvalue weighted by Gasteiger charge is 2.16. The minimum Gasteiger partial charge on any atom is -0.323 e. The highest BCUT2D eigenvalue weighted by molar-refractivity contribution is 7.99. The lowest BCUT2D eigenvalue weighted by Crippen LogP contribution is -2.16. The first-order valence-corrected chi connectivity index (χ1v) is 7.95. The van der Waals surface area contributed by atoms with Crippen LogP contribution >= 0.6 is 11.8 Å². The molecule has 0 fully saturated rings. The number of anilines is 1. The molecule has 10 heteroatoms. The molecule has 1 amide bonds. The molecule has 6 nitrogen and oxygen atoms in total. The van der Waals surface area contributed by atoms with Gasteiger partial charge < -0.3 is 5.32 Å². The molecule has 2 aromatic carbocycles. The van der Waals surface area contributed by atoms with Crippen molar-refractivity contribution in [3.63, 3.8) is 0 Å². The first-order chi connectivity index (χ1) is 12.1. The van der Waals surface area contributed by atoms with Gasteiger partial charge in [-0.25, -0.2) is 13.2 Å². The normalized spacial score (nSPS) is 10.7. The molecule has 0 aliphatic carbocycles. The molecule has 0 saturated heterocycles. The lowest BCUT2D eigenvalue weighted by molar-refractivity contribution is -0.113. The Bertz CT molecular complexity index is 903. The topological polar surface area (TPSA) is 72.7 Å². The summed E-state index contributed by atoms with van der Waals surface area (Å²) in [4.78, 5) is 11.9. The van der Waals surface area contributed by atoms with E-state index in [1.165, 1.54) is 4.68 Å². The Labute approximate surface area is 144 Å². The molecule has 0 radical (unpaired) electrons. The van der Waals surface area contributed by atoms with Crippen LogP contribution in [0.15, 0.2) is 47.6 Å². The van der Waals surface area contributed by atoms with Crippen molar-refractivity contribution in [3.8, 4) is 5.69 Å². The number of hydrogen-bond donors (Lipinski definition) is 1. The van der Waals surface area contributed by atoms with Crippen LogP contribution in [-0.2, 0) is 4.79 Å². The molecule has 0 atom stereocenters. The molecule has 1 aromatic heterocycles. The van der Waals surface area contributed by atoms with Crippen molar-refractivity contribution in [3.05, 3.63) is 59.9 Å². The van der Waals surface area contributed by atoms with Gasteiger partial charge in [0.05, 0.1) is 17.1 Å².